The lowest BCUT2D eigenvalue weighted by Gasteiger charge is -2.11. The highest BCUT2D eigenvalue weighted by atomic mass is 28.3. The summed E-state index contributed by atoms with van der Waals surface area (Å²) in [6.07, 6.45) is 5.55. The normalized spacial score (nSPS) is 11.3. The Morgan fingerprint density at radius 1 is 0.889 bits per heavy atom. The molecule has 0 spiro atoms. The largest absolute Gasteiger partial charge is 0.0824 e. The summed E-state index contributed by atoms with van der Waals surface area (Å²) in [5.74, 6) is 0. The molecule has 0 aliphatic heterocycles. The van der Waals surface area contributed by atoms with Crippen LogP contribution in [0.1, 0.15) is 32.6 Å². The second-order valence-corrected chi connectivity index (χ2v) is 7.79. The molecule has 2 rings (SSSR count). The van der Waals surface area contributed by atoms with Gasteiger partial charge in [-0.25, -0.2) is 0 Å². The summed E-state index contributed by atoms with van der Waals surface area (Å²) < 4.78 is 0. The van der Waals surface area contributed by atoms with Gasteiger partial charge >= 0.3 is 0 Å². The van der Waals surface area contributed by atoms with E-state index in [-0.39, 0.29) is 8.80 Å². The highest BCUT2D eigenvalue weighted by Crippen LogP contribution is 2.13. The van der Waals surface area contributed by atoms with Gasteiger partial charge in [-0.05, 0) is 10.8 Å². The van der Waals surface area contributed by atoms with Gasteiger partial charge in [-0.3, -0.25) is 0 Å². The van der Waals surface area contributed by atoms with Crippen LogP contribution in [0.4, 0.5) is 0 Å². The molecule has 0 atom stereocenters. The molecule has 0 aliphatic carbocycles. The van der Waals surface area contributed by atoms with E-state index in [1.807, 2.05) is 0 Å². The fourth-order valence-electron chi connectivity index (χ4n) is 2.42. The van der Waals surface area contributed by atoms with Crippen LogP contribution in [0.15, 0.2) is 42.5 Å². The topological polar surface area (TPSA) is 0 Å². The average molecular weight is 255 g/mol. The Labute approximate surface area is 113 Å². The number of hydrogen-bond donors (Lipinski definition) is 0. The van der Waals surface area contributed by atoms with Crippen molar-refractivity contribution >= 4 is 24.8 Å². The summed E-state index contributed by atoms with van der Waals surface area (Å²) in [6, 6.07) is 17.1. The van der Waals surface area contributed by atoms with Gasteiger partial charge in [0.05, 0.1) is 8.80 Å². The van der Waals surface area contributed by atoms with Crippen LogP contribution in [0.25, 0.3) is 10.8 Å². The van der Waals surface area contributed by atoms with Crippen LogP contribution in [-0.2, 0) is 0 Å². The highest BCUT2D eigenvalue weighted by molar-refractivity contribution is 6.72. The van der Waals surface area contributed by atoms with Crippen LogP contribution < -0.4 is 5.19 Å². The molecule has 0 bridgehead atoms. The van der Waals surface area contributed by atoms with E-state index in [1.165, 1.54) is 42.5 Å². The standard InChI is InChI=1S/C17H23Si/c1-3-4-5-8-13-18(2)17-12-11-15-9-6-7-10-16(15)14-17/h6-7,9-12,14H,3-5,8,13H2,1-2H3. The van der Waals surface area contributed by atoms with Gasteiger partial charge in [-0.2, -0.15) is 0 Å². The number of benzene rings is 2. The first-order valence-electron chi connectivity index (χ1n) is 7.13. The molecule has 0 N–H and O–H groups in total. The second-order valence-electron chi connectivity index (χ2n) is 5.15. The van der Waals surface area contributed by atoms with E-state index < -0.39 is 0 Å². The fourth-order valence-corrected chi connectivity index (χ4v) is 4.25. The Kier molecular flexibility index (Phi) is 5.00. The van der Waals surface area contributed by atoms with Crippen molar-refractivity contribution in [2.24, 2.45) is 0 Å². The lowest BCUT2D eigenvalue weighted by Crippen LogP contribution is -2.25. The van der Waals surface area contributed by atoms with Crippen molar-refractivity contribution in [2.45, 2.75) is 45.2 Å². The fraction of sp³-hybridized carbons (Fsp3) is 0.412. The van der Waals surface area contributed by atoms with Crippen LogP contribution in [0, 0.1) is 0 Å². The molecule has 0 heterocycles. The van der Waals surface area contributed by atoms with Gasteiger partial charge < -0.3 is 0 Å². The summed E-state index contributed by atoms with van der Waals surface area (Å²) in [4.78, 5) is 0. The number of hydrogen-bond acceptors (Lipinski definition) is 0. The van der Waals surface area contributed by atoms with Crippen LogP contribution in [0.5, 0.6) is 0 Å². The smallest absolute Gasteiger partial charge is 0.0669 e. The van der Waals surface area contributed by atoms with Gasteiger partial charge in [0.2, 0.25) is 0 Å². The maximum atomic E-state index is 2.46. The third-order valence-corrected chi connectivity index (χ3v) is 6.05. The lowest BCUT2D eigenvalue weighted by atomic mass is 10.1. The first-order chi connectivity index (χ1) is 8.81. The Morgan fingerprint density at radius 2 is 1.67 bits per heavy atom. The molecule has 2 aromatic rings. The van der Waals surface area contributed by atoms with E-state index in [2.05, 4.69) is 55.9 Å². The molecule has 95 valence electrons. The molecule has 2 aromatic carbocycles. The van der Waals surface area contributed by atoms with Gasteiger partial charge in [0.25, 0.3) is 0 Å². The summed E-state index contributed by atoms with van der Waals surface area (Å²) >= 11 is 0. The molecule has 0 nitrogen and oxygen atoms in total. The Balaban J connectivity index is 2.01. The van der Waals surface area contributed by atoms with Crippen LogP contribution in [0.3, 0.4) is 0 Å². The summed E-state index contributed by atoms with van der Waals surface area (Å²) in [6.45, 7) is 4.74. The summed E-state index contributed by atoms with van der Waals surface area (Å²) in [7, 11) is -0.338. The van der Waals surface area contributed by atoms with E-state index in [0.29, 0.717) is 0 Å². The third kappa shape index (κ3) is 3.46. The molecule has 0 saturated carbocycles. The number of rotatable bonds is 6. The molecule has 1 radical (unpaired) electrons. The zero-order valence-electron chi connectivity index (χ0n) is 11.6. The van der Waals surface area contributed by atoms with Crippen molar-refractivity contribution in [3.05, 3.63) is 42.5 Å². The molecule has 1 heteroatoms. The quantitative estimate of drug-likeness (QED) is 0.516. The Morgan fingerprint density at radius 3 is 2.44 bits per heavy atom. The van der Waals surface area contributed by atoms with E-state index >= 15 is 0 Å². The molecular weight excluding hydrogens is 232 g/mol. The minimum atomic E-state index is -0.338. The predicted molar refractivity (Wildman–Crippen MR) is 84.1 cm³/mol. The monoisotopic (exact) mass is 255 g/mol. The van der Waals surface area contributed by atoms with Gasteiger partial charge in [0.15, 0.2) is 0 Å². The van der Waals surface area contributed by atoms with E-state index in [1.54, 1.807) is 5.19 Å². The van der Waals surface area contributed by atoms with Crippen molar-refractivity contribution in [1.29, 1.82) is 0 Å². The average Bonchev–Trinajstić information content (AvgIpc) is 2.43. The van der Waals surface area contributed by atoms with Crippen LogP contribution in [-0.4, -0.2) is 8.80 Å². The van der Waals surface area contributed by atoms with E-state index in [4.69, 9.17) is 0 Å². The predicted octanol–water partition coefficient (Wildman–Crippen LogP) is 4.75. The summed E-state index contributed by atoms with van der Waals surface area (Å²) in [5.41, 5.74) is 0. The zero-order valence-corrected chi connectivity index (χ0v) is 12.6. The Bertz CT molecular complexity index is 490. The van der Waals surface area contributed by atoms with Gasteiger partial charge in [0.1, 0.15) is 0 Å². The van der Waals surface area contributed by atoms with Crippen molar-refractivity contribution in [3.8, 4) is 0 Å². The second kappa shape index (κ2) is 6.74. The van der Waals surface area contributed by atoms with E-state index in [9.17, 15) is 0 Å². The highest BCUT2D eigenvalue weighted by Gasteiger charge is 2.07. The van der Waals surface area contributed by atoms with Gasteiger partial charge in [-0.1, -0.05) is 92.8 Å². The molecule has 0 amide bonds. The van der Waals surface area contributed by atoms with Gasteiger partial charge in [0, 0.05) is 0 Å². The van der Waals surface area contributed by atoms with Crippen molar-refractivity contribution in [2.75, 3.05) is 0 Å². The van der Waals surface area contributed by atoms with Crippen molar-refractivity contribution in [3.63, 3.8) is 0 Å². The SMILES string of the molecule is CCCCCC[Si](C)c1ccc2ccccc2c1. The first-order valence-corrected chi connectivity index (χ1v) is 9.33. The lowest BCUT2D eigenvalue weighted by molar-refractivity contribution is 0.699. The molecule has 18 heavy (non-hydrogen) atoms. The molecule has 0 unspecified atom stereocenters. The Hall–Kier alpha value is -1.08. The minimum Gasteiger partial charge on any atom is -0.0669 e. The van der Waals surface area contributed by atoms with Crippen molar-refractivity contribution < 1.29 is 0 Å². The number of fused-ring (bicyclic) bond motifs is 1. The van der Waals surface area contributed by atoms with Crippen molar-refractivity contribution in [1.82, 2.24) is 0 Å². The van der Waals surface area contributed by atoms with Crippen LogP contribution in [0.2, 0.25) is 12.6 Å². The maximum absolute atomic E-state index is 2.46. The first kappa shape index (κ1) is 13.4. The molecule has 0 aliphatic rings. The van der Waals surface area contributed by atoms with Crippen LogP contribution >= 0.6 is 0 Å². The molecule has 0 saturated heterocycles. The zero-order chi connectivity index (χ0) is 12.8. The molecular formula is C17H23Si. The third-order valence-electron chi connectivity index (χ3n) is 3.65. The number of unbranched alkanes of at least 4 members (excludes halogenated alkanes) is 3. The minimum absolute atomic E-state index is 0.338. The maximum Gasteiger partial charge on any atom is 0.0824 e. The van der Waals surface area contributed by atoms with E-state index in [0.717, 1.165) is 0 Å². The van der Waals surface area contributed by atoms with Gasteiger partial charge in [-0.15, -0.1) is 0 Å². The molecule has 0 fully saturated rings. The summed E-state index contributed by atoms with van der Waals surface area (Å²) in [5, 5.41) is 4.35. The molecule has 0 aromatic heterocycles.